The molecule has 1 atom stereocenters. The summed E-state index contributed by atoms with van der Waals surface area (Å²) in [7, 11) is 0. The molecule has 0 aromatic rings. The van der Waals surface area contributed by atoms with Gasteiger partial charge in [0.15, 0.2) is 6.10 Å². The fraction of sp³-hybridized carbons (Fsp3) is 0.333. The number of rotatable bonds is 2. The molecule has 0 heterocycles. The van der Waals surface area contributed by atoms with Gasteiger partial charge in [-0.05, 0) is 6.92 Å². The van der Waals surface area contributed by atoms with Gasteiger partial charge in [0.05, 0.1) is 6.26 Å². The van der Waals surface area contributed by atoms with E-state index in [9.17, 15) is 0 Å². The highest BCUT2D eigenvalue weighted by atomic mass is 16.5. The minimum atomic E-state index is -0.141. The number of hydrogen-bond acceptors (Lipinski definition) is 1. The van der Waals surface area contributed by atoms with Crippen LogP contribution in [0.25, 0.3) is 0 Å². The Bertz CT molecular complexity index is 88.8. The molecule has 0 aromatic heterocycles. The van der Waals surface area contributed by atoms with Gasteiger partial charge in [-0.3, -0.25) is 0 Å². The lowest BCUT2D eigenvalue weighted by molar-refractivity contribution is 0.213. The molecule has 0 rings (SSSR count). The van der Waals surface area contributed by atoms with E-state index in [0.717, 1.165) is 0 Å². The summed E-state index contributed by atoms with van der Waals surface area (Å²) in [4.78, 5) is 0. The molecular weight excluding hydrogens is 88.1 g/mol. The Morgan fingerprint density at radius 3 is 2.71 bits per heavy atom. The van der Waals surface area contributed by atoms with Crippen LogP contribution in [0.4, 0.5) is 0 Å². The molecule has 0 spiro atoms. The van der Waals surface area contributed by atoms with Crippen molar-refractivity contribution in [1.29, 1.82) is 0 Å². The van der Waals surface area contributed by atoms with Crippen molar-refractivity contribution >= 4 is 0 Å². The average Bonchev–Trinajstić information content (AvgIpc) is 1.68. The lowest BCUT2D eigenvalue weighted by Crippen LogP contribution is -1.97. The monoisotopic (exact) mass is 96.1 g/mol. The summed E-state index contributed by atoms with van der Waals surface area (Å²) in [6.45, 7) is 5.11. The summed E-state index contributed by atoms with van der Waals surface area (Å²) in [5, 5.41) is 0. The molecule has 0 aromatic carbocycles. The zero-order valence-corrected chi connectivity index (χ0v) is 4.35. The predicted molar refractivity (Wildman–Crippen MR) is 29.6 cm³/mol. The molecule has 0 aliphatic carbocycles. The second kappa shape index (κ2) is 3.30. The summed E-state index contributed by atoms with van der Waals surface area (Å²) < 4.78 is 4.72. The van der Waals surface area contributed by atoms with Crippen LogP contribution in [0.2, 0.25) is 0 Å². The highest BCUT2D eigenvalue weighted by Gasteiger charge is 1.86. The smallest absolute Gasteiger partial charge is 0.155 e. The minimum absolute atomic E-state index is 0.141. The zero-order chi connectivity index (χ0) is 5.70. The molecule has 1 heteroatoms. The maximum absolute atomic E-state index is 4.94. The lowest BCUT2D eigenvalue weighted by Gasteiger charge is -1.98. The van der Waals surface area contributed by atoms with Gasteiger partial charge in [0.2, 0.25) is 0 Å². The van der Waals surface area contributed by atoms with Crippen molar-refractivity contribution < 1.29 is 4.74 Å². The summed E-state index contributed by atoms with van der Waals surface area (Å²) in [5.74, 6) is 2.37. The minimum Gasteiger partial charge on any atom is -0.486 e. The average molecular weight is 96.1 g/mol. The molecule has 0 amide bonds. The van der Waals surface area contributed by atoms with Crippen molar-refractivity contribution in [3.05, 3.63) is 12.8 Å². The Morgan fingerprint density at radius 2 is 2.57 bits per heavy atom. The number of hydrogen-bond donors (Lipinski definition) is 0. The van der Waals surface area contributed by atoms with Gasteiger partial charge in [0.1, 0.15) is 0 Å². The molecule has 0 aliphatic heterocycles. The molecule has 0 N–H and O–H groups in total. The number of terminal acetylenes is 1. The Hall–Kier alpha value is -0.900. The Labute approximate surface area is 44.0 Å². The van der Waals surface area contributed by atoms with Crippen LogP contribution >= 0.6 is 0 Å². The van der Waals surface area contributed by atoms with Crippen LogP contribution in [-0.4, -0.2) is 6.10 Å². The van der Waals surface area contributed by atoms with Crippen LogP contribution < -0.4 is 0 Å². The fourth-order valence-electron chi connectivity index (χ4n) is 0.184. The Kier molecular flexibility index (Phi) is 2.87. The van der Waals surface area contributed by atoms with Gasteiger partial charge in [-0.15, -0.1) is 6.42 Å². The van der Waals surface area contributed by atoms with E-state index in [2.05, 4.69) is 12.5 Å². The lowest BCUT2D eigenvalue weighted by atomic mass is 10.4. The van der Waals surface area contributed by atoms with Crippen molar-refractivity contribution in [2.45, 2.75) is 13.0 Å². The summed E-state index contributed by atoms with van der Waals surface area (Å²) >= 11 is 0. The van der Waals surface area contributed by atoms with Crippen LogP contribution in [0.15, 0.2) is 12.8 Å². The van der Waals surface area contributed by atoms with Gasteiger partial charge in [-0.2, -0.15) is 0 Å². The van der Waals surface area contributed by atoms with E-state index in [1.54, 1.807) is 6.92 Å². The van der Waals surface area contributed by atoms with Gasteiger partial charge in [0, 0.05) is 0 Å². The quantitative estimate of drug-likeness (QED) is 0.370. The van der Waals surface area contributed by atoms with Gasteiger partial charge in [-0.25, -0.2) is 0 Å². The van der Waals surface area contributed by atoms with E-state index in [-0.39, 0.29) is 6.10 Å². The standard InChI is InChI=1S/C6H8O/c1-4-6(3)7-5-2/h1,5-6H,2H2,3H3. The van der Waals surface area contributed by atoms with Crippen molar-refractivity contribution in [3.63, 3.8) is 0 Å². The van der Waals surface area contributed by atoms with E-state index in [4.69, 9.17) is 11.2 Å². The first-order chi connectivity index (χ1) is 3.31. The molecule has 0 saturated carbocycles. The maximum atomic E-state index is 4.94. The molecule has 0 fully saturated rings. The maximum Gasteiger partial charge on any atom is 0.155 e. The highest BCUT2D eigenvalue weighted by Crippen LogP contribution is 1.84. The normalized spacial score (nSPS) is 11.4. The molecule has 0 aliphatic rings. The molecule has 0 saturated heterocycles. The topological polar surface area (TPSA) is 9.23 Å². The van der Waals surface area contributed by atoms with Crippen molar-refractivity contribution in [2.75, 3.05) is 0 Å². The molecule has 38 valence electrons. The van der Waals surface area contributed by atoms with Gasteiger partial charge in [-0.1, -0.05) is 12.5 Å². The third-order valence-corrected chi connectivity index (χ3v) is 0.535. The van der Waals surface area contributed by atoms with Crippen molar-refractivity contribution in [2.24, 2.45) is 0 Å². The summed E-state index contributed by atoms with van der Waals surface area (Å²) in [5.41, 5.74) is 0. The van der Waals surface area contributed by atoms with Crippen LogP contribution in [0.5, 0.6) is 0 Å². The summed E-state index contributed by atoms with van der Waals surface area (Å²) in [6.07, 6.45) is 6.13. The predicted octanol–water partition coefficient (Wildman–Crippen LogP) is 1.17. The molecule has 1 unspecified atom stereocenters. The van der Waals surface area contributed by atoms with Gasteiger partial charge in [0.25, 0.3) is 0 Å². The van der Waals surface area contributed by atoms with Crippen LogP contribution in [-0.2, 0) is 4.74 Å². The van der Waals surface area contributed by atoms with Crippen molar-refractivity contribution in [1.82, 2.24) is 0 Å². The SMILES string of the molecule is C#CC(C)OC=C. The van der Waals surface area contributed by atoms with Crippen LogP contribution in [0.3, 0.4) is 0 Å². The van der Waals surface area contributed by atoms with Crippen LogP contribution in [0, 0.1) is 12.3 Å². The van der Waals surface area contributed by atoms with E-state index in [1.165, 1.54) is 6.26 Å². The van der Waals surface area contributed by atoms with Crippen molar-refractivity contribution in [3.8, 4) is 12.3 Å². The Morgan fingerprint density at radius 1 is 2.00 bits per heavy atom. The second-order valence-corrected chi connectivity index (χ2v) is 1.11. The highest BCUT2D eigenvalue weighted by molar-refractivity contribution is 4.92. The molecule has 7 heavy (non-hydrogen) atoms. The molecular formula is C6H8O. The first-order valence-corrected chi connectivity index (χ1v) is 2.03. The van der Waals surface area contributed by atoms with Gasteiger partial charge < -0.3 is 4.74 Å². The fourth-order valence-corrected chi connectivity index (χ4v) is 0.184. The van der Waals surface area contributed by atoms with Gasteiger partial charge >= 0.3 is 0 Å². The first-order valence-electron chi connectivity index (χ1n) is 2.03. The third kappa shape index (κ3) is 2.92. The van der Waals surface area contributed by atoms with Crippen LogP contribution in [0.1, 0.15) is 6.92 Å². The Balaban J connectivity index is 3.21. The van der Waals surface area contributed by atoms with E-state index < -0.39 is 0 Å². The summed E-state index contributed by atoms with van der Waals surface area (Å²) in [6, 6.07) is 0. The third-order valence-electron chi connectivity index (χ3n) is 0.535. The second-order valence-electron chi connectivity index (χ2n) is 1.11. The zero-order valence-electron chi connectivity index (χ0n) is 4.35. The molecule has 0 bridgehead atoms. The van der Waals surface area contributed by atoms with E-state index >= 15 is 0 Å². The van der Waals surface area contributed by atoms with E-state index in [1.807, 2.05) is 0 Å². The number of ether oxygens (including phenoxy) is 1. The van der Waals surface area contributed by atoms with E-state index in [0.29, 0.717) is 0 Å². The largest absolute Gasteiger partial charge is 0.486 e. The molecule has 1 nitrogen and oxygen atoms in total. The molecule has 0 radical (unpaired) electrons. The first kappa shape index (κ1) is 6.10.